The first-order valence-corrected chi connectivity index (χ1v) is 6.66. The van der Waals surface area contributed by atoms with Gasteiger partial charge in [0.25, 0.3) is 0 Å². The minimum absolute atomic E-state index is 0.453. The quantitative estimate of drug-likeness (QED) is 0.523. The molecule has 0 spiro atoms. The van der Waals surface area contributed by atoms with Crippen molar-refractivity contribution in [3.05, 3.63) is 12.7 Å². The predicted molar refractivity (Wildman–Crippen MR) is 65.6 cm³/mol. The molecule has 2 bridgehead atoms. The van der Waals surface area contributed by atoms with Crippen molar-refractivity contribution in [1.29, 1.82) is 0 Å². The molecule has 86 valence electrons. The summed E-state index contributed by atoms with van der Waals surface area (Å²) in [6, 6.07) is 0.453. The van der Waals surface area contributed by atoms with Gasteiger partial charge < -0.3 is 5.73 Å². The van der Waals surface area contributed by atoms with Gasteiger partial charge in [0.1, 0.15) is 0 Å². The predicted octanol–water partition coefficient (Wildman–Crippen LogP) is 3.50. The lowest BCUT2D eigenvalue weighted by Gasteiger charge is -2.24. The van der Waals surface area contributed by atoms with Gasteiger partial charge in [0.05, 0.1) is 0 Å². The highest BCUT2D eigenvalue weighted by molar-refractivity contribution is 4.91. The van der Waals surface area contributed by atoms with E-state index in [2.05, 4.69) is 6.58 Å². The van der Waals surface area contributed by atoms with Gasteiger partial charge in [-0.25, -0.2) is 0 Å². The lowest BCUT2D eigenvalue weighted by molar-refractivity contribution is 0.289. The lowest BCUT2D eigenvalue weighted by Crippen LogP contribution is -2.25. The van der Waals surface area contributed by atoms with Crippen LogP contribution < -0.4 is 5.73 Å². The molecule has 15 heavy (non-hydrogen) atoms. The second kappa shape index (κ2) is 5.16. The fourth-order valence-corrected chi connectivity index (χ4v) is 3.70. The Hall–Kier alpha value is -0.300. The van der Waals surface area contributed by atoms with Gasteiger partial charge >= 0.3 is 0 Å². The van der Waals surface area contributed by atoms with E-state index in [9.17, 15) is 0 Å². The van der Waals surface area contributed by atoms with Crippen LogP contribution in [-0.2, 0) is 0 Å². The zero-order valence-corrected chi connectivity index (χ0v) is 9.83. The molecule has 0 heterocycles. The summed E-state index contributed by atoms with van der Waals surface area (Å²) in [6.07, 6.45) is 12.9. The number of allylic oxidation sites excluding steroid dienone is 1. The van der Waals surface area contributed by atoms with Crippen molar-refractivity contribution in [2.24, 2.45) is 23.5 Å². The largest absolute Gasteiger partial charge is 0.328 e. The second-order valence-electron chi connectivity index (χ2n) is 5.65. The highest BCUT2D eigenvalue weighted by Crippen LogP contribution is 2.49. The Balaban J connectivity index is 1.66. The molecule has 2 fully saturated rings. The molecule has 4 atom stereocenters. The van der Waals surface area contributed by atoms with E-state index in [-0.39, 0.29) is 0 Å². The van der Waals surface area contributed by atoms with Crippen LogP contribution in [0.4, 0.5) is 0 Å². The fourth-order valence-electron chi connectivity index (χ4n) is 3.70. The van der Waals surface area contributed by atoms with E-state index in [1.807, 2.05) is 6.08 Å². The third-order valence-corrected chi connectivity index (χ3v) is 4.47. The summed E-state index contributed by atoms with van der Waals surface area (Å²) < 4.78 is 0. The van der Waals surface area contributed by atoms with Crippen molar-refractivity contribution in [2.75, 3.05) is 0 Å². The van der Waals surface area contributed by atoms with Crippen LogP contribution in [-0.4, -0.2) is 6.04 Å². The summed E-state index contributed by atoms with van der Waals surface area (Å²) in [5.74, 6) is 3.09. The van der Waals surface area contributed by atoms with Gasteiger partial charge in [-0.1, -0.05) is 12.5 Å². The van der Waals surface area contributed by atoms with E-state index in [1.54, 1.807) is 0 Å². The molecule has 0 aliphatic heterocycles. The molecule has 1 heteroatoms. The molecular weight excluding hydrogens is 182 g/mol. The van der Waals surface area contributed by atoms with Crippen LogP contribution in [0.1, 0.15) is 51.4 Å². The third-order valence-electron chi connectivity index (χ3n) is 4.47. The molecule has 0 aromatic heterocycles. The van der Waals surface area contributed by atoms with E-state index in [1.165, 1.54) is 44.9 Å². The Morgan fingerprint density at radius 1 is 1.33 bits per heavy atom. The highest BCUT2D eigenvalue weighted by Gasteiger charge is 2.39. The van der Waals surface area contributed by atoms with Gasteiger partial charge in [-0.05, 0) is 62.7 Å². The third kappa shape index (κ3) is 2.84. The fraction of sp³-hybridized carbons (Fsp3) is 0.857. The van der Waals surface area contributed by atoms with Crippen molar-refractivity contribution in [2.45, 2.75) is 57.4 Å². The Kier molecular flexibility index (Phi) is 3.85. The normalized spacial score (nSPS) is 35.7. The molecule has 2 saturated carbocycles. The number of nitrogens with two attached hydrogens (primary N) is 1. The van der Waals surface area contributed by atoms with Crippen LogP contribution in [0.15, 0.2) is 12.7 Å². The maximum atomic E-state index is 6.19. The van der Waals surface area contributed by atoms with Gasteiger partial charge in [-0.3, -0.25) is 0 Å². The maximum absolute atomic E-state index is 6.19. The SMILES string of the molecule is C=CCCCC(N)CC1CC2CCC1C2. The van der Waals surface area contributed by atoms with Crippen molar-refractivity contribution in [3.63, 3.8) is 0 Å². The molecule has 0 saturated heterocycles. The number of rotatable bonds is 6. The zero-order valence-electron chi connectivity index (χ0n) is 9.83. The van der Waals surface area contributed by atoms with Crippen LogP contribution >= 0.6 is 0 Å². The van der Waals surface area contributed by atoms with E-state index in [0.29, 0.717) is 6.04 Å². The van der Waals surface area contributed by atoms with Crippen molar-refractivity contribution in [1.82, 2.24) is 0 Å². The zero-order chi connectivity index (χ0) is 10.7. The molecule has 0 aromatic rings. The van der Waals surface area contributed by atoms with Crippen LogP contribution in [0, 0.1) is 17.8 Å². The highest BCUT2D eigenvalue weighted by atomic mass is 14.6. The van der Waals surface area contributed by atoms with E-state index in [0.717, 1.165) is 24.2 Å². The average Bonchev–Trinajstić information content (AvgIpc) is 2.79. The summed E-state index contributed by atoms with van der Waals surface area (Å²) in [4.78, 5) is 0. The monoisotopic (exact) mass is 207 g/mol. The van der Waals surface area contributed by atoms with Crippen LogP contribution in [0.2, 0.25) is 0 Å². The number of fused-ring (bicyclic) bond motifs is 2. The van der Waals surface area contributed by atoms with Crippen molar-refractivity contribution >= 4 is 0 Å². The molecule has 0 radical (unpaired) electrons. The van der Waals surface area contributed by atoms with Crippen LogP contribution in [0.5, 0.6) is 0 Å². The number of hydrogen-bond acceptors (Lipinski definition) is 1. The molecule has 0 amide bonds. The van der Waals surface area contributed by atoms with Gasteiger partial charge in [0, 0.05) is 6.04 Å². The number of hydrogen-bond donors (Lipinski definition) is 1. The smallest absolute Gasteiger partial charge is 0.00416 e. The van der Waals surface area contributed by atoms with Crippen LogP contribution in [0.3, 0.4) is 0 Å². The van der Waals surface area contributed by atoms with Gasteiger partial charge in [-0.15, -0.1) is 6.58 Å². The second-order valence-corrected chi connectivity index (χ2v) is 5.65. The lowest BCUT2D eigenvalue weighted by atomic mass is 9.83. The maximum Gasteiger partial charge on any atom is 0.00416 e. The molecular formula is C14H25N. The first kappa shape index (κ1) is 11.2. The minimum Gasteiger partial charge on any atom is -0.328 e. The molecule has 1 nitrogen and oxygen atoms in total. The summed E-state index contributed by atoms with van der Waals surface area (Å²) in [6.45, 7) is 3.75. The van der Waals surface area contributed by atoms with Crippen LogP contribution in [0.25, 0.3) is 0 Å². The minimum atomic E-state index is 0.453. The van der Waals surface area contributed by atoms with Crippen molar-refractivity contribution < 1.29 is 0 Å². The Morgan fingerprint density at radius 2 is 2.20 bits per heavy atom. The molecule has 2 aliphatic carbocycles. The van der Waals surface area contributed by atoms with E-state index >= 15 is 0 Å². The standard InChI is InChI=1S/C14H25N/c1-2-3-4-5-14(15)10-13-9-11-6-7-12(13)8-11/h2,11-14H,1,3-10,15H2. The average molecular weight is 207 g/mol. The van der Waals surface area contributed by atoms with Crippen molar-refractivity contribution in [3.8, 4) is 0 Å². The molecule has 0 aromatic carbocycles. The Bertz CT molecular complexity index is 211. The van der Waals surface area contributed by atoms with E-state index in [4.69, 9.17) is 5.73 Å². The summed E-state index contributed by atoms with van der Waals surface area (Å²) in [7, 11) is 0. The Labute approximate surface area is 94.1 Å². The first-order chi connectivity index (χ1) is 7.29. The molecule has 2 rings (SSSR count). The molecule has 4 unspecified atom stereocenters. The summed E-state index contributed by atoms with van der Waals surface area (Å²) in [5.41, 5.74) is 6.19. The molecule has 2 N–H and O–H groups in total. The number of unbranched alkanes of at least 4 members (excludes halogenated alkanes) is 1. The van der Waals surface area contributed by atoms with Gasteiger partial charge in [0.15, 0.2) is 0 Å². The summed E-state index contributed by atoms with van der Waals surface area (Å²) >= 11 is 0. The Morgan fingerprint density at radius 3 is 2.80 bits per heavy atom. The molecule has 2 aliphatic rings. The van der Waals surface area contributed by atoms with Gasteiger partial charge in [-0.2, -0.15) is 0 Å². The first-order valence-electron chi connectivity index (χ1n) is 6.66. The topological polar surface area (TPSA) is 26.0 Å². The summed E-state index contributed by atoms with van der Waals surface area (Å²) in [5, 5.41) is 0. The van der Waals surface area contributed by atoms with E-state index < -0.39 is 0 Å². The van der Waals surface area contributed by atoms with Gasteiger partial charge in [0.2, 0.25) is 0 Å².